The summed E-state index contributed by atoms with van der Waals surface area (Å²) in [5.74, 6) is -3.35. The number of carboxylic acids is 2. The first-order valence-electron chi connectivity index (χ1n) is 6.13. The van der Waals surface area contributed by atoms with Crippen molar-refractivity contribution in [2.75, 3.05) is 11.4 Å². The van der Waals surface area contributed by atoms with Gasteiger partial charge in [-0.1, -0.05) is 6.07 Å². The van der Waals surface area contributed by atoms with Crippen LogP contribution < -0.4 is 10.2 Å². The van der Waals surface area contributed by atoms with Crippen LogP contribution in [0.5, 0.6) is 0 Å². The summed E-state index contributed by atoms with van der Waals surface area (Å²) in [6, 6.07) is 2.86. The van der Waals surface area contributed by atoms with E-state index < -0.39 is 36.2 Å². The first kappa shape index (κ1) is 16.4. The van der Waals surface area contributed by atoms with Crippen LogP contribution in [0.15, 0.2) is 24.3 Å². The van der Waals surface area contributed by atoms with E-state index in [-0.39, 0.29) is 12.2 Å². The number of aliphatic carboxylic acids is 2. The molecule has 1 aromatic rings. The van der Waals surface area contributed by atoms with E-state index in [9.17, 15) is 18.8 Å². The molecular weight excluding hydrogens is 283 g/mol. The molecule has 21 heavy (non-hydrogen) atoms. The standard InChI is InChI=1S/C13H15FN2O5/c1-2-16(9-5-3-4-8(14)6-9)13(21)15-10(12(19)20)7-11(17)18/h3-6,10H,2,7H2,1H3,(H,15,21)(H,17,18)(H,19,20)/t10-/m1/s1. The largest absolute Gasteiger partial charge is 0.481 e. The van der Waals surface area contributed by atoms with Crippen molar-refractivity contribution < 1.29 is 29.0 Å². The first-order chi connectivity index (χ1) is 9.85. The lowest BCUT2D eigenvalue weighted by molar-refractivity contribution is -0.145. The third-order valence-electron chi connectivity index (χ3n) is 2.66. The van der Waals surface area contributed by atoms with E-state index in [2.05, 4.69) is 5.32 Å². The van der Waals surface area contributed by atoms with Crippen molar-refractivity contribution in [1.82, 2.24) is 5.32 Å². The number of urea groups is 1. The van der Waals surface area contributed by atoms with E-state index in [1.165, 1.54) is 18.2 Å². The third kappa shape index (κ3) is 4.75. The second-order valence-corrected chi connectivity index (χ2v) is 4.16. The normalized spacial score (nSPS) is 11.5. The van der Waals surface area contributed by atoms with Gasteiger partial charge in [0.15, 0.2) is 0 Å². The van der Waals surface area contributed by atoms with Crippen LogP contribution in [0.4, 0.5) is 14.9 Å². The molecule has 0 aliphatic heterocycles. The molecule has 0 unspecified atom stereocenters. The van der Waals surface area contributed by atoms with E-state index in [4.69, 9.17) is 10.2 Å². The lowest BCUT2D eigenvalue weighted by Crippen LogP contribution is -2.49. The fraction of sp³-hybridized carbons (Fsp3) is 0.308. The molecule has 3 N–H and O–H groups in total. The Bertz CT molecular complexity index is 549. The van der Waals surface area contributed by atoms with Gasteiger partial charge in [-0.3, -0.25) is 9.69 Å². The Hall–Kier alpha value is -2.64. The number of hydrogen-bond donors (Lipinski definition) is 3. The number of amides is 2. The minimum absolute atomic E-state index is 0.161. The minimum Gasteiger partial charge on any atom is -0.481 e. The van der Waals surface area contributed by atoms with Crippen LogP contribution in [0.1, 0.15) is 13.3 Å². The highest BCUT2D eigenvalue weighted by molar-refractivity contribution is 5.95. The number of carbonyl (C=O) groups excluding carboxylic acids is 1. The zero-order chi connectivity index (χ0) is 16.0. The molecule has 0 saturated carbocycles. The van der Waals surface area contributed by atoms with Gasteiger partial charge in [0.25, 0.3) is 0 Å². The highest BCUT2D eigenvalue weighted by atomic mass is 19.1. The lowest BCUT2D eigenvalue weighted by atomic mass is 10.2. The van der Waals surface area contributed by atoms with Crippen LogP contribution in [0.25, 0.3) is 0 Å². The molecule has 114 valence electrons. The van der Waals surface area contributed by atoms with Gasteiger partial charge >= 0.3 is 18.0 Å². The average Bonchev–Trinajstić information content (AvgIpc) is 2.38. The Labute approximate surface area is 120 Å². The van der Waals surface area contributed by atoms with Crippen LogP contribution in [-0.4, -0.2) is 40.8 Å². The van der Waals surface area contributed by atoms with Crippen molar-refractivity contribution in [1.29, 1.82) is 0 Å². The Balaban J connectivity index is 2.88. The number of carbonyl (C=O) groups is 3. The van der Waals surface area contributed by atoms with E-state index >= 15 is 0 Å². The molecule has 1 rings (SSSR count). The molecule has 2 amide bonds. The molecule has 1 aromatic carbocycles. The number of halogens is 1. The van der Waals surface area contributed by atoms with Gasteiger partial charge in [0.05, 0.1) is 6.42 Å². The molecular formula is C13H15FN2O5. The quantitative estimate of drug-likeness (QED) is 0.733. The maximum atomic E-state index is 13.2. The predicted octanol–water partition coefficient (Wildman–Crippen LogP) is 1.29. The van der Waals surface area contributed by atoms with Crippen LogP contribution in [-0.2, 0) is 9.59 Å². The Morgan fingerprint density at radius 3 is 2.48 bits per heavy atom. The zero-order valence-corrected chi connectivity index (χ0v) is 11.2. The van der Waals surface area contributed by atoms with E-state index in [1.54, 1.807) is 6.92 Å². The monoisotopic (exact) mass is 298 g/mol. The summed E-state index contributed by atoms with van der Waals surface area (Å²) in [6.45, 7) is 1.78. The van der Waals surface area contributed by atoms with Gasteiger partial charge in [-0.2, -0.15) is 0 Å². The summed E-state index contributed by atoms with van der Waals surface area (Å²) in [6.07, 6.45) is -0.748. The Kier molecular flexibility index (Phi) is 5.65. The average molecular weight is 298 g/mol. The number of benzene rings is 1. The molecule has 1 atom stereocenters. The molecule has 0 aliphatic carbocycles. The highest BCUT2D eigenvalue weighted by Gasteiger charge is 2.25. The molecule has 8 heteroatoms. The summed E-state index contributed by atoms with van der Waals surface area (Å²) in [4.78, 5) is 34.6. The number of anilines is 1. The molecule has 0 heterocycles. The minimum atomic E-state index is -1.56. The van der Waals surface area contributed by atoms with Gasteiger partial charge < -0.3 is 15.5 Å². The van der Waals surface area contributed by atoms with E-state index in [0.717, 1.165) is 11.0 Å². The first-order valence-corrected chi connectivity index (χ1v) is 6.13. The van der Waals surface area contributed by atoms with Crippen molar-refractivity contribution in [2.45, 2.75) is 19.4 Å². The van der Waals surface area contributed by atoms with Gasteiger partial charge in [0.1, 0.15) is 11.9 Å². The van der Waals surface area contributed by atoms with Crippen molar-refractivity contribution in [3.8, 4) is 0 Å². The molecule has 0 spiro atoms. The summed E-state index contributed by atoms with van der Waals surface area (Å²) in [5.41, 5.74) is 0.245. The molecule has 0 aromatic heterocycles. The lowest BCUT2D eigenvalue weighted by Gasteiger charge is -2.23. The van der Waals surface area contributed by atoms with Gasteiger partial charge in [-0.15, -0.1) is 0 Å². The molecule has 0 bridgehead atoms. The maximum Gasteiger partial charge on any atom is 0.326 e. The SMILES string of the molecule is CCN(C(=O)N[C@H](CC(=O)O)C(=O)O)c1cccc(F)c1. The summed E-state index contributed by atoms with van der Waals surface area (Å²) in [7, 11) is 0. The van der Waals surface area contributed by atoms with Crippen molar-refractivity contribution in [2.24, 2.45) is 0 Å². The number of nitrogens with one attached hydrogen (secondary N) is 1. The second kappa shape index (κ2) is 7.22. The number of nitrogens with zero attached hydrogens (tertiary/aromatic N) is 1. The van der Waals surface area contributed by atoms with Crippen molar-refractivity contribution >= 4 is 23.7 Å². The smallest absolute Gasteiger partial charge is 0.326 e. The van der Waals surface area contributed by atoms with Gasteiger partial charge in [-0.05, 0) is 25.1 Å². The maximum absolute atomic E-state index is 13.2. The fourth-order valence-electron chi connectivity index (χ4n) is 1.69. The zero-order valence-electron chi connectivity index (χ0n) is 11.2. The summed E-state index contributed by atoms with van der Waals surface area (Å²) in [5, 5.41) is 19.6. The molecule has 0 fully saturated rings. The van der Waals surface area contributed by atoms with Crippen LogP contribution >= 0.6 is 0 Å². The van der Waals surface area contributed by atoms with E-state index in [0.29, 0.717) is 0 Å². The van der Waals surface area contributed by atoms with Crippen LogP contribution in [0, 0.1) is 5.82 Å². The molecule has 0 aliphatic rings. The molecule has 0 radical (unpaired) electrons. The number of hydrogen-bond acceptors (Lipinski definition) is 3. The van der Waals surface area contributed by atoms with Crippen LogP contribution in [0.3, 0.4) is 0 Å². The Morgan fingerprint density at radius 1 is 1.33 bits per heavy atom. The molecule has 7 nitrogen and oxygen atoms in total. The predicted molar refractivity (Wildman–Crippen MR) is 71.6 cm³/mol. The van der Waals surface area contributed by atoms with E-state index in [1.807, 2.05) is 0 Å². The van der Waals surface area contributed by atoms with Crippen molar-refractivity contribution in [3.63, 3.8) is 0 Å². The number of rotatable bonds is 6. The second-order valence-electron chi connectivity index (χ2n) is 4.16. The number of carboxylic acid groups (broad SMARTS) is 2. The highest BCUT2D eigenvalue weighted by Crippen LogP contribution is 2.15. The van der Waals surface area contributed by atoms with Crippen LogP contribution in [0.2, 0.25) is 0 Å². The molecule has 0 saturated heterocycles. The van der Waals surface area contributed by atoms with Crippen molar-refractivity contribution in [3.05, 3.63) is 30.1 Å². The van der Waals surface area contributed by atoms with Gasteiger partial charge in [0, 0.05) is 12.2 Å². The fourth-order valence-corrected chi connectivity index (χ4v) is 1.69. The van der Waals surface area contributed by atoms with Gasteiger partial charge in [-0.25, -0.2) is 14.0 Å². The summed E-state index contributed by atoms with van der Waals surface area (Å²) >= 11 is 0. The van der Waals surface area contributed by atoms with Gasteiger partial charge in [0.2, 0.25) is 0 Å². The topological polar surface area (TPSA) is 107 Å². The Morgan fingerprint density at radius 2 is 2.00 bits per heavy atom. The summed E-state index contributed by atoms with van der Waals surface area (Å²) < 4.78 is 13.2. The third-order valence-corrected chi connectivity index (χ3v) is 2.66.